The highest BCUT2D eigenvalue weighted by atomic mass is 32.2. The van der Waals surface area contributed by atoms with Crippen LogP contribution in [0.3, 0.4) is 0 Å². The number of aryl methyl sites for hydroxylation is 2. The van der Waals surface area contributed by atoms with Crippen LogP contribution in [0.4, 0.5) is 0 Å². The van der Waals surface area contributed by atoms with Gasteiger partial charge in [0.15, 0.2) is 0 Å². The van der Waals surface area contributed by atoms with E-state index in [-0.39, 0.29) is 11.8 Å². The van der Waals surface area contributed by atoms with Crippen molar-refractivity contribution in [3.8, 4) is 0 Å². The van der Waals surface area contributed by atoms with Gasteiger partial charge in [-0.3, -0.25) is 9.59 Å². The summed E-state index contributed by atoms with van der Waals surface area (Å²) in [7, 11) is 1.61. The van der Waals surface area contributed by atoms with Gasteiger partial charge in [0.1, 0.15) is 6.04 Å². The smallest absolute Gasteiger partial charge is 0.242 e. The van der Waals surface area contributed by atoms with Gasteiger partial charge in [0.25, 0.3) is 0 Å². The Morgan fingerprint density at radius 1 is 1.00 bits per heavy atom. The number of nitrogens with one attached hydrogen (secondary N) is 1. The van der Waals surface area contributed by atoms with Crippen molar-refractivity contribution in [1.29, 1.82) is 0 Å². The Balaban J connectivity index is 2.15. The third-order valence-electron chi connectivity index (χ3n) is 4.49. The molecule has 1 atom stereocenters. The van der Waals surface area contributed by atoms with Crippen LogP contribution in [0.25, 0.3) is 0 Å². The number of hydrogen-bond donors (Lipinski definition) is 1. The minimum atomic E-state index is -0.470. The van der Waals surface area contributed by atoms with Gasteiger partial charge in [-0.05, 0) is 38.0 Å². The lowest BCUT2D eigenvalue weighted by Gasteiger charge is -2.30. The van der Waals surface area contributed by atoms with E-state index >= 15 is 0 Å². The van der Waals surface area contributed by atoms with E-state index in [0.29, 0.717) is 18.7 Å². The monoisotopic (exact) mass is 384 g/mol. The zero-order valence-electron chi connectivity index (χ0n) is 16.5. The van der Waals surface area contributed by atoms with Crippen LogP contribution in [0.5, 0.6) is 0 Å². The average Bonchev–Trinajstić information content (AvgIpc) is 2.68. The molecule has 0 radical (unpaired) electrons. The van der Waals surface area contributed by atoms with E-state index in [2.05, 4.69) is 5.32 Å². The largest absolute Gasteiger partial charge is 0.357 e. The Morgan fingerprint density at radius 3 is 2.07 bits per heavy atom. The second-order valence-electron chi connectivity index (χ2n) is 6.65. The first kappa shape index (κ1) is 21.0. The van der Waals surface area contributed by atoms with E-state index in [1.807, 2.05) is 69.3 Å². The number of carbonyl (C=O) groups excluding carboxylic acids is 2. The number of benzene rings is 2. The molecule has 4 nitrogen and oxygen atoms in total. The Morgan fingerprint density at radius 2 is 1.56 bits per heavy atom. The van der Waals surface area contributed by atoms with Crippen molar-refractivity contribution in [1.82, 2.24) is 10.2 Å². The second kappa shape index (κ2) is 10.2. The van der Waals surface area contributed by atoms with E-state index in [9.17, 15) is 9.59 Å². The molecule has 0 aromatic heterocycles. The van der Waals surface area contributed by atoms with E-state index in [0.717, 1.165) is 10.5 Å². The second-order valence-corrected chi connectivity index (χ2v) is 7.70. The number of nitrogens with zero attached hydrogens (tertiary/aromatic N) is 1. The molecule has 0 fully saturated rings. The fourth-order valence-electron chi connectivity index (χ4n) is 2.84. The molecule has 1 N–H and O–H groups in total. The summed E-state index contributed by atoms with van der Waals surface area (Å²) >= 11 is 1.50. The highest BCUT2D eigenvalue weighted by Crippen LogP contribution is 2.21. The quantitative estimate of drug-likeness (QED) is 0.701. The lowest BCUT2D eigenvalue weighted by molar-refractivity contribution is -0.139. The van der Waals surface area contributed by atoms with E-state index in [1.54, 1.807) is 11.9 Å². The molecular weight excluding hydrogens is 356 g/mol. The number of rotatable bonds is 8. The third kappa shape index (κ3) is 6.14. The van der Waals surface area contributed by atoms with E-state index < -0.39 is 6.04 Å². The molecule has 0 saturated carbocycles. The molecule has 2 aromatic rings. The van der Waals surface area contributed by atoms with Crippen molar-refractivity contribution in [2.24, 2.45) is 0 Å². The van der Waals surface area contributed by atoms with Crippen molar-refractivity contribution >= 4 is 23.6 Å². The first-order valence-electron chi connectivity index (χ1n) is 9.20. The molecular formula is C22H28N2O2S. The Kier molecular flexibility index (Phi) is 7.92. The fourth-order valence-corrected chi connectivity index (χ4v) is 3.62. The summed E-state index contributed by atoms with van der Waals surface area (Å²) in [4.78, 5) is 28.1. The molecule has 0 saturated heterocycles. The summed E-state index contributed by atoms with van der Waals surface area (Å²) in [5.74, 6) is 0.150. The van der Waals surface area contributed by atoms with Crippen molar-refractivity contribution in [3.05, 3.63) is 65.2 Å². The molecule has 144 valence electrons. The average molecular weight is 385 g/mol. The van der Waals surface area contributed by atoms with Gasteiger partial charge in [-0.15, -0.1) is 11.8 Å². The highest BCUT2D eigenvalue weighted by Gasteiger charge is 2.27. The van der Waals surface area contributed by atoms with E-state index in [1.165, 1.54) is 22.9 Å². The number of hydrogen-bond acceptors (Lipinski definition) is 3. The summed E-state index contributed by atoms with van der Waals surface area (Å²) in [6, 6.07) is 15.7. The molecule has 27 heavy (non-hydrogen) atoms. The summed E-state index contributed by atoms with van der Waals surface area (Å²) in [5.41, 5.74) is 3.39. The summed E-state index contributed by atoms with van der Waals surface area (Å²) in [5, 5.41) is 2.69. The molecule has 5 heteroatoms. The maximum atomic E-state index is 13.0. The molecule has 2 rings (SSSR count). The van der Waals surface area contributed by atoms with Gasteiger partial charge < -0.3 is 10.2 Å². The van der Waals surface area contributed by atoms with Gasteiger partial charge in [-0.2, -0.15) is 0 Å². The van der Waals surface area contributed by atoms with Crippen LogP contribution in [0, 0.1) is 13.8 Å². The predicted molar refractivity (Wildman–Crippen MR) is 112 cm³/mol. The number of carbonyl (C=O) groups is 2. The Labute approximate surface area is 166 Å². The molecule has 2 aromatic carbocycles. The van der Waals surface area contributed by atoms with Crippen LogP contribution >= 0.6 is 11.8 Å². The molecule has 0 aliphatic heterocycles. The van der Waals surface area contributed by atoms with Gasteiger partial charge in [0.2, 0.25) is 11.8 Å². The zero-order chi connectivity index (χ0) is 19.8. The number of thioether (sulfide) groups is 1. The van der Waals surface area contributed by atoms with Crippen LogP contribution in [0.1, 0.15) is 30.0 Å². The lowest BCUT2D eigenvalue weighted by Crippen LogP contribution is -2.48. The molecule has 0 aliphatic carbocycles. The Bertz CT molecular complexity index is 757. The minimum absolute atomic E-state index is 0.0309. The lowest BCUT2D eigenvalue weighted by atomic mass is 10.1. The maximum Gasteiger partial charge on any atom is 0.242 e. The normalized spacial score (nSPS) is 11.7. The first-order valence-corrected chi connectivity index (χ1v) is 10.2. The number of likely N-dealkylation sites (N-methyl/N-ethyl adjacent to an activating group) is 1. The Hall–Kier alpha value is -2.27. The van der Waals surface area contributed by atoms with Gasteiger partial charge in [0.05, 0.1) is 5.75 Å². The molecule has 2 amide bonds. The van der Waals surface area contributed by atoms with Gasteiger partial charge in [-0.25, -0.2) is 0 Å². The van der Waals surface area contributed by atoms with Crippen LogP contribution in [0.15, 0.2) is 53.4 Å². The van der Waals surface area contributed by atoms with Gasteiger partial charge >= 0.3 is 0 Å². The van der Waals surface area contributed by atoms with Crippen molar-refractivity contribution in [2.45, 2.75) is 44.7 Å². The first-order chi connectivity index (χ1) is 12.9. The number of amides is 2. The van der Waals surface area contributed by atoms with Crippen LogP contribution < -0.4 is 5.32 Å². The summed E-state index contributed by atoms with van der Waals surface area (Å²) in [6.45, 7) is 6.43. The predicted octanol–water partition coefficient (Wildman–Crippen LogP) is 3.95. The van der Waals surface area contributed by atoms with E-state index in [4.69, 9.17) is 0 Å². The molecule has 0 spiro atoms. The molecule has 0 aliphatic rings. The van der Waals surface area contributed by atoms with Crippen LogP contribution in [-0.2, 0) is 16.1 Å². The molecule has 0 unspecified atom stereocenters. The molecule has 0 bridgehead atoms. The SMILES string of the molecule is CC[C@H](C(=O)NC)N(Cc1ccc(C)cc1)C(=O)CSc1ccc(C)cc1. The third-order valence-corrected chi connectivity index (χ3v) is 5.49. The molecule has 0 heterocycles. The summed E-state index contributed by atoms with van der Waals surface area (Å²) in [6.07, 6.45) is 0.576. The van der Waals surface area contributed by atoms with Crippen molar-refractivity contribution in [3.63, 3.8) is 0 Å². The van der Waals surface area contributed by atoms with Gasteiger partial charge in [-0.1, -0.05) is 54.4 Å². The van der Waals surface area contributed by atoms with Crippen molar-refractivity contribution < 1.29 is 9.59 Å². The summed E-state index contributed by atoms with van der Waals surface area (Å²) < 4.78 is 0. The zero-order valence-corrected chi connectivity index (χ0v) is 17.3. The van der Waals surface area contributed by atoms with Crippen LogP contribution in [-0.4, -0.2) is 35.6 Å². The maximum absolute atomic E-state index is 13.0. The highest BCUT2D eigenvalue weighted by molar-refractivity contribution is 8.00. The topological polar surface area (TPSA) is 49.4 Å². The minimum Gasteiger partial charge on any atom is -0.357 e. The van der Waals surface area contributed by atoms with Gasteiger partial charge in [0, 0.05) is 18.5 Å². The standard InChI is InChI=1S/C22H28N2O2S/c1-5-20(22(26)23-4)24(14-18-10-6-16(2)7-11-18)21(25)15-27-19-12-8-17(3)9-13-19/h6-13,20H,5,14-15H2,1-4H3,(H,23,26)/t20-/m1/s1. The van der Waals surface area contributed by atoms with Crippen molar-refractivity contribution in [2.75, 3.05) is 12.8 Å². The fraction of sp³-hybridized carbons (Fsp3) is 0.364. The van der Waals surface area contributed by atoms with Crippen LogP contribution in [0.2, 0.25) is 0 Å².